The van der Waals surface area contributed by atoms with Gasteiger partial charge in [-0.15, -0.1) is 5.10 Å². The molecule has 0 bridgehead atoms. The molecule has 11 heteroatoms. The van der Waals surface area contributed by atoms with Crippen molar-refractivity contribution >= 4 is 26.0 Å². The van der Waals surface area contributed by atoms with Crippen LogP contribution in [0, 0.1) is 6.92 Å². The van der Waals surface area contributed by atoms with E-state index in [9.17, 15) is 21.6 Å². The zero-order valence-electron chi connectivity index (χ0n) is 9.56. The Bertz CT molecular complexity index is 580. The molecule has 108 valence electrons. The van der Waals surface area contributed by atoms with Crippen molar-refractivity contribution in [1.82, 2.24) is 15.0 Å². The van der Waals surface area contributed by atoms with E-state index in [1.807, 2.05) is 0 Å². The summed E-state index contributed by atoms with van der Waals surface area (Å²) >= 11 is 3.16. The summed E-state index contributed by atoms with van der Waals surface area (Å²) < 4.78 is 64.0. The van der Waals surface area contributed by atoms with Crippen LogP contribution < -0.4 is 0 Å². The van der Waals surface area contributed by atoms with Crippen molar-refractivity contribution in [2.75, 3.05) is 0 Å². The van der Waals surface area contributed by atoms with E-state index in [0.29, 0.717) is 4.60 Å². The number of rotatable bonds is 3. The van der Waals surface area contributed by atoms with Gasteiger partial charge in [-0.2, -0.15) is 21.6 Å². The van der Waals surface area contributed by atoms with E-state index in [1.54, 1.807) is 6.92 Å². The van der Waals surface area contributed by atoms with Gasteiger partial charge in [0.05, 0.1) is 17.8 Å². The van der Waals surface area contributed by atoms with Crippen LogP contribution in [0.3, 0.4) is 0 Å². The summed E-state index contributed by atoms with van der Waals surface area (Å²) in [5.41, 5.74) is -4.66. The second kappa shape index (κ2) is 4.70. The summed E-state index contributed by atoms with van der Waals surface area (Å²) in [4.78, 5) is 0. The Kier molecular flexibility index (Phi) is 3.64. The maximum absolute atomic E-state index is 12.1. The van der Waals surface area contributed by atoms with E-state index in [1.165, 1.54) is 4.68 Å². The first kappa shape index (κ1) is 14.7. The fourth-order valence-corrected chi connectivity index (χ4v) is 2.60. The van der Waals surface area contributed by atoms with Crippen molar-refractivity contribution in [2.45, 2.75) is 37.4 Å². The quantitative estimate of drug-likeness (QED) is 0.605. The lowest BCUT2D eigenvalue weighted by atomic mass is 9.89. The van der Waals surface area contributed by atoms with Crippen molar-refractivity contribution < 1.29 is 25.8 Å². The van der Waals surface area contributed by atoms with Gasteiger partial charge in [-0.1, -0.05) is 5.21 Å². The lowest BCUT2D eigenvalue weighted by Crippen LogP contribution is -2.39. The van der Waals surface area contributed by atoms with E-state index in [4.69, 9.17) is 0 Å². The molecule has 2 rings (SSSR count). The predicted octanol–water partition coefficient (Wildman–Crippen LogP) is 1.92. The smallest absolute Gasteiger partial charge is 0.260 e. The van der Waals surface area contributed by atoms with Gasteiger partial charge >= 0.3 is 15.6 Å². The van der Waals surface area contributed by atoms with Gasteiger partial charge in [0.1, 0.15) is 0 Å². The molecule has 1 saturated carbocycles. The number of nitrogens with zero attached hydrogens (tertiary/aromatic N) is 3. The van der Waals surface area contributed by atoms with Crippen LogP contribution in [-0.2, 0) is 14.3 Å². The number of hydrogen-bond acceptors (Lipinski definition) is 5. The lowest BCUT2D eigenvalue weighted by molar-refractivity contribution is -0.0631. The molecule has 0 atom stereocenters. The first-order valence-electron chi connectivity index (χ1n) is 5.18. The summed E-state index contributed by atoms with van der Waals surface area (Å²) in [5.74, 6) is 0. The molecule has 1 aromatic rings. The Morgan fingerprint density at radius 3 is 2.42 bits per heavy atom. The molecule has 0 unspecified atom stereocenters. The second-order valence-corrected chi connectivity index (χ2v) is 6.47. The third kappa shape index (κ3) is 2.77. The third-order valence-electron chi connectivity index (χ3n) is 2.83. The van der Waals surface area contributed by atoms with Crippen LogP contribution in [0.5, 0.6) is 0 Å². The number of alkyl halides is 3. The molecule has 0 amide bonds. The molecule has 1 fully saturated rings. The van der Waals surface area contributed by atoms with Crippen LogP contribution in [-0.4, -0.2) is 35.0 Å². The molecule has 19 heavy (non-hydrogen) atoms. The minimum absolute atomic E-state index is 0.145. The number of hydrogen-bond donors (Lipinski definition) is 0. The largest absolute Gasteiger partial charge is 0.523 e. The predicted molar refractivity (Wildman–Crippen MR) is 60.6 cm³/mol. The molecule has 0 saturated heterocycles. The van der Waals surface area contributed by atoms with Crippen molar-refractivity contribution in [3.8, 4) is 0 Å². The molecule has 0 spiro atoms. The van der Waals surface area contributed by atoms with E-state index in [0.717, 1.165) is 5.69 Å². The van der Waals surface area contributed by atoms with Crippen molar-refractivity contribution in [3.05, 3.63) is 10.3 Å². The standard InChI is InChI=1S/C8H9BrF3N3O3S/c1-4-7(9)13-14-15(4)5-2-6(3-5)18-19(16,17)8(10,11)12/h5-6H,2-3H2,1H3. The second-order valence-electron chi connectivity index (χ2n) is 4.15. The average molecular weight is 364 g/mol. The number of halogens is 4. The van der Waals surface area contributed by atoms with Gasteiger partial charge in [-0.25, -0.2) is 4.68 Å². The third-order valence-corrected chi connectivity index (χ3v) is 4.66. The van der Waals surface area contributed by atoms with Crippen LogP contribution in [0.1, 0.15) is 24.6 Å². The van der Waals surface area contributed by atoms with Gasteiger partial charge < -0.3 is 0 Å². The fourth-order valence-electron chi connectivity index (χ4n) is 1.72. The van der Waals surface area contributed by atoms with E-state index < -0.39 is 21.7 Å². The summed E-state index contributed by atoms with van der Waals surface area (Å²) in [6.07, 6.45) is -0.684. The Morgan fingerprint density at radius 2 is 2.00 bits per heavy atom. The van der Waals surface area contributed by atoms with Gasteiger partial charge in [0.25, 0.3) is 0 Å². The van der Waals surface area contributed by atoms with Crippen LogP contribution in [0.4, 0.5) is 13.2 Å². The molecule has 1 heterocycles. The molecule has 6 nitrogen and oxygen atoms in total. The topological polar surface area (TPSA) is 74.1 Å². The summed E-state index contributed by atoms with van der Waals surface area (Å²) in [5, 5.41) is 7.56. The zero-order chi connectivity index (χ0) is 14.4. The molecular weight excluding hydrogens is 355 g/mol. The Morgan fingerprint density at radius 1 is 1.42 bits per heavy atom. The van der Waals surface area contributed by atoms with Crippen molar-refractivity contribution in [3.63, 3.8) is 0 Å². The van der Waals surface area contributed by atoms with E-state index in [2.05, 4.69) is 30.4 Å². The molecule has 0 aliphatic heterocycles. The van der Waals surface area contributed by atoms with Crippen LogP contribution in [0.2, 0.25) is 0 Å². The maximum atomic E-state index is 12.1. The molecule has 1 aromatic heterocycles. The van der Waals surface area contributed by atoms with Gasteiger partial charge in [-0.3, -0.25) is 4.18 Å². The Balaban J connectivity index is 1.96. The van der Waals surface area contributed by atoms with Gasteiger partial charge in [0.2, 0.25) is 0 Å². The molecule has 0 radical (unpaired) electrons. The molecule has 0 N–H and O–H groups in total. The first-order valence-corrected chi connectivity index (χ1v) is 7.39. The van der Waals surface area contributed by atoms with Crippen LogP contribution in [0.25, 0.3) is 0 Å². The Hall–Kier alpha value is -0.680. The molecule has 1 aliphatic rings. The minimum Gasteiger partial charge on any atom is -0.260 e. The molecular formula is C8H9BrF3N3O3S. The monoisotopic (exact) mass is 363 g/mol. The van der Waals surface area contributed by atoms with E-state index in [-0.39, 0.29) is 18.9 Å². The van der Waals surface area contributed by atoms with Gasteiger partial charge in [-0.05, 0) is 35.7 Å². The normalized spacial score (nSPS) is 24.3. The SMILES string of the molecule is Cc1c(Br)nnn1C1CC(OS(=O)(=O)C(F)(F)F)C1. The first-order chi connectivity index (χ1) is 8.62. The van der Waals surface area contributed by atoms with Crippen LogP contribution >= 0.6 is 15.9 Å². The average Bonchev–Trinajstić information content (AvgIpc) is 2.52. The van der Waals surface area contributed by atoms with E-state index >= 15 is 0 Å². The highest BCUT2D eigenvalue weighted by Gasteiger charge is 2.50. The van der Waals surface area contributed by atoms with Gasteiger partial charge in [0, 0.05) is 0 Å². The van der Waals surface area contributed by atoms with Gasteiger partial charge in [0.15, 0.2) is 4.60 Å². The lowest BCUT2D eigenvalue weighted by Gasteiger charge is -2.34. The fraction of sp³-hybridized carbons (Fsp3) is 0.750. The summed E-state index contributed by atoms with van der Waals surface area (Å²) in [7, 11) is -5.52. The highest BCUT2D eigenvalue weighted by atomic mass is 79.9. The maximum Gasteiger partial charge on any atom is 0.523 e. The highest BCUT2D eigenvalue weighted by Crippen LogP contribution is 2.38. The summed E-state index contributed by atoms with van der Waals surface area (Å²) in [6, 6.07) is -0.202. The molecule has 0 aromatic carbocycles. The van der Waals surface area contributed by atoms with Crippen molar-refractivity contribution in [1.29, 1.82) is 0 Å². The Labute approximate surface area is 115 Å². The minimum atomic E-state index is -5.52. The highest BCUT2D eigenvalue weighted by molar-refractivity contribution is 9.10. The molecule has 1 aliphatic carbocycles. The number of aromatic nitrogens is 3. The van der Waals surface area contributed by atoms with Crippen molar-refractivity contribution in [2.24, 2.45) is 0 Å². The summed E-state index contributed by atoms with van der Waals surface area (Å²) in [6.45, 7) is 1.74. The zero-order valence-corrected chi connectivity index (χ0v) is 12.0. The van der Waals surface area contributed by atoms with Crippen LogP contribution in [0.15, 0.2) is 4.60 Å².